The first-order valence-corrected chi connectivity index (χ1v) is 5.85. The van der Waals surface area contributed by atoms with Gasteiger partial charge < -0.3 is 5.11 Å². The van der Waals surface area contributed by atoms with Crippen LogP contribution in [0, 0.1) is 5.92 Å². The zero-order chi connectivity index (χ0) is 10.7. The van der Waals surface area contributed by atoms with Gasteiger partial charge in [-0.3, -0.25) is 4.79 Å². The fourth-order valence-electron chi connectivity index (χ4n) is 1.38. The van der Waals surface area contributed by atoms with Gasteiger partial charge in [0, 0.05) is 5.75 Å². The summed E-state index contributed by atoms with van der Waals surface area (Å²) >= 11 is 1.54. The first-order chi connectivity index (χ1) is 7.25. The molecule has 0 amide bonds. The Bertz CT molecular complexity index is 350. The van der Waals surface area contributed by atoms with Gasteiger partial charge in [0.15, 0.2) is 0 Å². The number of carbonyl (C=O) groups is 1. The number of hydrogen-bond donors (Lipinski definition) is 1. The van der Waals surface area contributed by atoms with E-state index in [0.29, 0.717) is 5.16 Å². The molecule has 0 bridgehead atoms. The minimum Gasteiger partial charge on any atom is -0.480 e. The average Bonchev–Trinajstić information content (AvgIpc) is 2.49. The van der Waals surface area contributed by atoms with Crippen molar-refractivity contribution in [2.24, 2.45) is 5.92 Å². The van der Waals surface area contributed by atoms with E-state index in [1.54, 1.807) is 11.8 Å². The Hall–Kier alpha value is -1.11. The number of aromatic nitrogens is 4. The van der Waals surface area contributed by atoms with Crippen molar-refractivity contribution >= 4 is 17.7 Å². The molecule has 1 saturated carbocycles. The summed E-state index contributed by atoms with van der Waals surface area (Å²) in [7, 11) is 0. The molecule has 1 aliphatic rings. The number of thioether (sulfide) groups is 1. The minimum absolute atomic E-state index is 0.167. The van der Waals surface area contributed by atoms with Crippen molar-refractivity contribution in [2.45, 2.75) is 31.0 Å². The summed E-state index contributed by atoms with van der Waals surface area (Å²) in [6.07, 6.45) is 3.85. The van der Waals surface area contributed by atoms with Crippen LogP contribution in [0.4, 0.5) is 0 Å². The van der Waals surface area contributed by atoms with E-state index in [1.165, 1.54) is 23.9 Å². The van der Waals surface area contributed by atoms with Gasteiger partial charge in [-0.1, -0.05) is 18.2 Å². The second kappa shape index (κ2) is 4.61. The molecular formula is C8H12N4O2S. The molecule has 0 radical (unpaired) electrons. The Labute approximate surface area is 91.0 Å². The van der Waals surface area contributed by atoms with Gasteiger partial charge >= 0.3 is 5.97 Å². The maximum Gasteiger partial charge on any atom is 0.325 e. The molecule has 82 valence electrons. The second-order valence-corrected chi connectivity index (χ2v) is 4.61. The van der Waals surface area contributed by atoms with Crippen molar-refractivity contribution in [3.05, 3.63) is 0 Å². The van der Waals surface area contributed by atoms with Gasteiger partial charge in [-0.25, -0.2) is 4.68 Å². The van der Waals surface area contributed by atoms with Crippen LogP contribution in [0.1, 0.15) is 19.3 Å². The van der Waals surface area contributed by atoms with Gasteiger partial charge in [0.2, 0.25) is 5.16 Å². The first-order valence-electron chi connectivity index (χ1n) is 4.86. The average molecular weight is 228 g/mol. The van der Waals surface area contributed by atoms with Gasteiger partial charge in [0.05, 0.1) is 0 Å². The normalized spacial score (nSPS) is 16.3. The molecule has 1 aliphatic carbocycles. The Morgan fingerprint density at radius 2 is 2.40 bits per heavy atom. The summed E-state index contributed by atoms with van der Waals surface area (Å²) in [6, 6.07) is 0. The van der Waals surface area contributed by atoms with Crippen molar-refractivity contribution in [3.63, 3.8) is 0 Å². The lowest BCUT2D eigenvalue weighted by atomic mass is 9.87. The molecule has 2 rings (SSSR count). The number of rotatable bonds is 5. The molecule has 0 atom stereocenters. The van der Waals surface area contributed by atoms with Gasteiger partial charge in [-0.05, 0) is 29.2 Å². The molecule has 1 N–H and O–H groups in total. The Balaban J connectivity index is 1.88. The molecule has 0 aromatic carbocycles. The summed E-state index contributed by atoms with van der Waals surface area (Å²) in [4.78, 5) is 10.5. The molecule has 1 fully saturated rings. The zero-order valence-corrected chi connectivity index (χ0v) is 8.98. The van der Waals surface area contributed by atoms with Crippen molar-refractivity contribution < 1.29 is 9.90 Å². The lowest BCUT2D eigenvalue weighted by molar-refractivity contribution is -0.138. The van der Waals surface area contributed by atoms with E-state index in [-0.39, 0.29) is 6.54 Å². The number of carboxylic acids is 1. The lowest BCUT2D eigenvalue weighted by Gasteiger charge is -2.24. The maximum absolute atomic E-state index is 10.5. The van der Waals surface area contributed by atoms with Crippen LogP contribution in [0.25, 0.3) is 0 Å². The molecule has 1 aromatic rings. The van der Waals surface area contributed by atoms with Crippen molar-refractivity contribution in [2.75, 3.05) is 5.75 Å². The molecule has 0 unspecified atom stereocenters. The van der Waals surface area contributed by atoms with Crippen LogP contribution in [-0.2, 0) is 11.3 Å². The number of aliphatic carboxylic acids is 1. The fraction of sp³-hybridized carbons (Fsp3) is 0.750. The van der Waals surface area contributed by atoms with Crippen LogP contribution < -0.4 is 0 Å². The third-order valence-electron chi connectivity index (χ3n) is 2.46. The van der Waals surface area contributed by atoms with Gasteiger partial charge in [0.25, 0.3) is 0 Å². The van der Waals surface area contributed by atoms with E-state index >= 15 is 0 Å². The van der Waals surface area contributed by atoms with Gasteiger partial charge in [-0.2, -0.15) is 0 Å². The third kappa shape index (κ3) is 2.68. The van der Waals surface area contributed by atoms with E-state index in [1.807, 2.05) is 0 Å². The van der Waals surface area contributed by atoms with E-state index in [0.717, 1.165) is 11.7 Å². The summed E-state index contributed by atoms with van der Waals surface area (Å²) in [5.41, 5.74) is 0. The molecule has 1 aromatic heterocycles. The highest BCUT2D eigenvalue weighted by Gasteiger charge is 2.19. The van der Waals surface area contributed by atoms with Crippen LogP contribution in [0.2, 0.25) is 0 Å². The first kappa shape index (κ1) is 10.4. The highest BCUT2D eigenvalue weighted by molar-refractivity contribution is 7.99. The van der Waals surface area contributed by atoms with Crippen LogP contribution >= 0.6 is 11.8 Å². The highest BCUT2D eigenvalue weighted by Crippen LogP contribution is 2.31. The number of tetrazole rings is 1. The predicted octanol–water partition coefficient (Wildman–Crippen LogP) is 0.650. The number of hydrogen-bond acceptors (Lipinski definition) is 5. The molecule has 7 heteroatoms. The molecule has 0 saturated heterocycles. The monoisotopic (exact) mass is 228 g/mol. The molecule has 15 heavy (non-hydrogen) atoms. The Morgan fingerprint density at radius 1 is 1.60 bits per heavy atom. The lowest BCUT2D eigenvalue weighted by Crippen LogP contribution is -2.15. The van der Waals surface area contributed by atoms with Gasteiger partial charge in [0.1, 0.15) is 6.54 Å². The molecular weight excluding hydrogens is 216 g/mol. The predicted molar refractivity (Wildman–Crippen MR) is 53.5 cm³/mol. The van der Waals surface area contributed by atoms with Crippen molar-refractivity contribution in [1.82, 2.24) is 20.2 Å². The van der Waals surface area contributed by atoms with Crippen molar-refractivity contribution in [1.29, 1.82) is 0 Å². The third-order valence-corrected chi connectivity index (χ3v) is 3.65. The second-order valence-electron chi connectivity index (χ2n) is 3.62. The topological polar surface area (TPSA) is 80.9 Å². The number of nitrogens with zero attached hydrogens (tertiary/aromatic N) is 4. The molecule has 0 aliphatic heterocycles. The number of carboxylic acid groups (broad SMARTS) is 1. The zero-order valence-electron chi connectivity index (χ0n) is 8.17. The Morgan fingerprint density at radius 3 is 3.00 bits per heavy atom. The van der Waals surface area contributed by atoms with E-state index in [9.17, 15) is 4.79 Å². The maximum atomic E-state index is 10.5. The van der Waals surface area contributed by atoms with Crippen LogP contribution in [-0.4, -0.2) is 37.0 Å². The van der Waals surface area contributed by atoms with E-state index < -0.39 is 5.97 Å². The summed E-state index contributed by atoms with van der Waals surface area (Å²) in [6.45, 7) is -0.167. The SMILES string of the molecule is O=C(O)Cn1nnnc1SCC1CCC1. The quantitative estimate of drug-likeness (QED) is 0.745. The fourth-order valence-corrected chi connectivity index (χ4v) is 2.44. The standard InChI is InChI=1S/C8H12N4O2S/c13-7(14)4-12-8(9-10-11-12)15-5-6-2-1-3-6/h6H,1-5H2,(H,13,14). The molecule has 6 nitrogen and oxygen atoms in total. The highest BCUT2D eigenvalue weighted by atomic mass is 32.2. The van der Waals surface area contributed by atoms with Crippen LogP contribution in [0.5, 0.6) is 0 Å². The molecule has 1 heterocycles. The van der Waals surface area contributed by atoms with Crippen LogP contribution in [0.15, 0.2) is 5.16 Å². The van der Waals surface area contributed by atoms with Gasteiger partial charge in [-0.15, -0.1) is 5.10 Å². The van der Waals surface area contributed by atoms with Crippen molar-refractivity contribution in [3.8, 4) is 0 Å². The molecule has 0 spiro atoms. The smallest absolute Gasteiger partial charge is 0.325 e. The summed E-state index contributed by atoms with van der Waals surface area (Å²) in [5, 5.41) is 20.1. The largest absolute Gasteiger partial charge is 0.480 e. The van der Waals surface area contributed by atoms with Crippen LogP contribution in [0.3, 0.4) is 0 Å². The minimum atomic E-state index is -0.923. The van der Waals surface area contributed by atoms with E-state index in [4.69, 9.17) is 5.11 Å². The summed E-state index contributed by atoms with van der Waals surface area (Å²) in [5.74, 6) is 0.817. The van der Waals surface area contributed by atoms with E-state index in [2.05, 4.69) is 15.5 Å². The summed E-state index contributed by atoms with van der Waals surface area (Å²) < 4.78 is 1.33. The Kier molecular flexibility index (Phi) is 3.20.